The molecular weight excluding hydrogens is 899 g/mol. The quantitative estimate of drug-likeness (QED) is 0.0320. The molecule has 0 aromatic carbocycles. The Balaban J connectivity index is 3.45. The molecule has 0 aliphatic rings. The van der Waals surface area contributed by atoms with E-state index in [2.05, 4.69) is 43.5 Å². The van der Waals surface area contributed by atoms with Crippen molar-refractivity contribution in [2.24, 2.45) is 0 Å². The third kappa shape index (κ3) is 59.4. The number of esters is 1. The lowest BCUT2D eigenvalue weighted by atomic mass is 10.0. The highest BCUT2D eigenvalue weighted by molar-refractivity contribution is 5.76. The Bertz CT molecular complexity index is 1140. The van der Waals surface area contributed by atoms with E-state index in [1.807, 2.05) is 0 Å². The molecule has 0 aromatic heterocycles. The summed E-state index contributed by atoms with van der Waals surface area (Å²) in [6, 6.07) is -0.554. The second kappa shape index (κ2) is 62.9. The Labute approximate surface area is 456 Å². The Hall–Kier alpha value is -1.66. The maximum atomic E-state index is 12.5. The molecule has 0 aromatic rings. The van der Waals surface area contributed by atoms with E-state index in [1.165, 1.54) is 263 Å². The highest BCUT2D eigenvalue weighted by atomic mass is 16.5. The van der Waals surface area contributed by atoms with Crippen LogP contribution in [0.4, 0.5) is 0 Å². The molecule has 432 valence electrons. The summed E-state index contributed by atoms with van der Waals surface area (Å²) in [6.07, 6.45) is 77.7. The van der Waals surface area contributed by atoms with Crippen LogP contribution in [0, 0.1) is 0 Å². The van der Waals surface area contributed by atoms with Gasteiger partial charge in [0.05, 0.1) is 25.4 Å². The van der Waals surface area contributed by atoms with E-state index in [0.717, 1.165) is 70.6 Å². The molecule has 2 unspecified atom stereocenters. The first-order chi connectivity index (χ1) is 36.0. The molecule has 2 atom stereocenters. The van der Waals surface area contributed by atoms with Crippen LogP contribution in [0.1, 0.15) is 367 Å². The number of nitrogens with one attached hydrogen (secondary N) is 1. The lowest BCUT2D eigenvalue weighted by molar-refractivity contribution is -0.143. The fourth-order valence-corrected chi connectivity index (χ4v) is 10.4. The van der Waals surface area contributed by atoms with Crippen molar-refractivity contribution in [1.82, 2.24) is 5.32 Å². The summed E-state index contributed by atoms with van der Waals surface area (Å²) < 4.78 is 5.48. The highest BCUT2D eigenvalue weighted by Crippen LogP contribution is 2.18. The summed E-state index contributed by atoms with van der Waals surface area (Å²) in [5, 5.41) is 23.4. The first-order valence-electron chi connectivity index (χ1n) is 33.1. The van der Waals surface area contributed by atoms with Gasteiger partial charge in [0.25, 0.3) is 0 Å². The molecule has 0 radical (unpaired) electrons. The predicted molar refractivity (Wildman–Crippen MR) is 320 cm³/mol. The maximum absolute atomic E-state index is 12.5. The van der Waals surface area contributed by atoms with Gasteiger partial charge in [-0.05, 0) is 77.0 Å². The molecule has 0 heterocycles. The zero-order chi connectivity index (χ0) is 52.9. The van der Waals surface area contributed by atoms with E-state index in [1.54, 1.807) is 0 Å². The van der Waals surface area contributed by atoms with Gasteiger partial charge in [-0.15, -0.1) is 0 Å². The van der Waals surface area contributed by atoms with Gasteiger partial charge >= 0.3 is 5.97 Å². The van der Waals surface area contributed by atoms with Crippen LogP contribution in [0.3, 0.4) is 0 Å². The normalized spacial score (nSPS) is 12.7. The molecule has 6 heteroatoms. The van der Waals surface area contributed by atoms with Gasteiger partial charge in [-0.3, -0.25) is 9.59 Å². The monoisotopic (exact) mass is 1030 g/mol. The minimum Gasteiger partial charge on any atom is -0.466 e. The van der Waals surface area contributed by atoms with Crippen molar-refractivity contribution in [3.8, 4) is 0 Å². The Morgan fingerprint density at radius 2 is 0.644 bits per heavy atom. The van der Waals surface area contributed by atoms with Gasteiger partial charge in [-0.2, -0.15) is 0 Å². The molecule has 0 aliphatic carbocycles. The number of hydrogen-bond donors (Lipinski definition) is 3. The molecule has 6 nitrogen and oxygen atoms in total. The van der Waals surface area contributed by atoms with Crippen LogP contribution in [-0.4, -0.2) is 47.4 Å². The fourth-order valence-electron chi connectivity index (χ4n) is 10.4. The van der Waals surface area contributed by atoms with Crippen LogP contribution in [0.5, 0.6) is 0 Å². The average Bonchev–Trinajstić information content (AvgIpc) is 3.39. The molecule has 1 amide bonds. The molecule has 0 bridgehead atoms. The Morgan fingerprint density at radius 1 is 0.370 bits per heavy atom. The second-order valence-corrected chi connectivity index (χ2v) is 22.8. The summed E-state index contributed by atoms with van der Waals surface area (Å²) in [5.41, 5.74) is 0. The summed E-state index contributed by atoms with van der Waals surface area (Å²) in [4.78, 5) is 24.6. The van der Waals surface area contributed by atoms with Crippen LogP contribution in [0.25, 0.3) is 0 Å². The SMILES string of the molecule is CCCCCCCCC/C=C\CCCCCCCCCC(=O)OCCCCCC/C=C\CCCCCCCCCC(=O)NC(CO)C(O)CCCCCCCCCCCCCCCCCCCCCCCCC. The van der Waals surface area contributed by atoms with E-state index in [0.29, 0.717) is 25.9 Å². The number of carbonyl (C=O) groups excluding carboxylic acids is 2. The van der Waals surface area contributed by atoms with Crippen molar-refractivity contribution >= 4 is 11.9 Å². The van der Waals surface area contributed by atoms with Gasteiger partial charge in [0, 0.05) is 12.8 Å². The fraction of sp³-hybridized carbons (Fsp3) is 0.910. The number of aliphatic hydroxyl groups is 2. The van der Waals surface area contributed by atoms with Crippen LogP contribution in [0.15, 0.2) is 24.3 Å². The third-order valence-corrected chi connectivity index (χ3v) is 15.5. The molecule has 0 saturated heterocycles. The van der Waals surface area contributed by atoms with Gasteiger partial charge in [0.15, 0.2) is 0 Å². The van der Waals surface area contributed by atoms with E-state index in [-0.39, 0.29) is 18.5 Å². The van der Waals surface area contributed by atoms with Crippen molar-refractivity contribution in [3.05, 3.63) is 24.3 Å². The summed E-state index contributed by atoms with van der Waals surface area (Å²) in [5.74, 6) is -0.0583. The number of aliphatic hydroxyl groups excluding tert-OH is 2. The molecule has 73 heavy (non-hydrogen) atoms. The zero-order valence-corrected chi connectivity index (χ0v) is 49.4. The van der Waals surface area contributed by atoms with Crippen molar-refractivity contribution < 1.29 is 24.5 Å². The first-order valence-corrected chi connectivity index (χ1v) is 33.1. The number of ether oxygens (including phenoxy) is 1. The Kier molecular flexibility index (Phi) is 61.4. The van der Waals surface area contributed by atoms with E-state index in [9.17, 15) is 19.8 Å². The van der Waals surface area contributed by atoms with Crippen molar-refractivity contribution in [2.45, 2.75) is 379 Å². The lowest BCUT2D eigenvalue weighted by Crippen LogP contribution is -2.45. The van der Waals surface area contributed by atoms with Crippen molar-refractivity contribution in [2.75, 3.05) is 13.2 Å². The van der Waals surface area contributed by atoms with Gasteiger partial charge in [0.2, 0.25) is 5.91 Å². The molecule has 0 rings (SSSR count). The van der Waals surface area contributed by atoms with Gasteiger partial charge in [0.1, 0.15) is 0 Å². The van der Waals surface area contributed by atoms with Crippen LogP contribution >= 0.6 is 0 Å². The molecule has 0 aliphatic heterocycles. The molecule has 0 spiro atoms. The van der Waals surface area contributed by atoms with Crippen LogP contribution in [-0.2, 0) is 14.3 Å². The van der Waals surface area contributed by atoms with Crippen LogP contribution < -0.4 is 5.32 Å². The number of hydrogen-bond acceptors (Lipinski definition) is 5. The minimum absolute atomic E-state index is 0.0119. The smallest absolute Gasteiger partial charge is 0.305 e. The molecule has 0 saturated carbocycles. The third-order valence-electron chi connectivity index (χ3n) is 15.5. The van der Waals surface area contributed by atoms with Gasteiger partial charge < -0.3 is 20.3 Å². The number of unbranched alkanes of at least 4 members (excludes halogenated alkanes) is 47. The average molecular weight is 1030 g/mol. The predicted octanol–water partition coefficient (Wildman–Crippen LogP) is 21.0. The minimum atomic E-state index is -0.676. The molecule has 3 N–H and O–H groups in total. The van der Waals surface area contributed by atoms with E-state index < -0.39 is 12.1 Å². The first kappa shape index (κ1) is 71.3. The van der Waals surface area contributed by atoms with Gasteiger partial charge in [-0.25, -0.2) is 0 Å². The van der Waals surface area contributed by atoms with E-state index in [4.69, 9.17) is 4.74 Å². The second-order valence-electron chi connectivity index (χ2n) is 22.8. The summed E-state index contributed by atoms with van der Waals surface area (Å²) in [6.45, 7) is 4.95. The van der Waals surface area contributed by atoms with Crippen molar-refractivity contribution in [1.29, 1.82) is 0 Å². The maximum Gasteiger partial charge on any atom is 0.305 e. The largest absolute Gasteiger partial charge is 0.466 e. The summed E-state index contributed by atoms with van der Waals surface area (Å²) >= 11 is 0. The molecular formula is C67H129NO5. The topological polar surface area (TPSA) is 95.9 Å². The van der Waals surface area contributed by atoms with Crippen LogP contribution in [0.2, 0.25) is 0 Å². The van der Waals surface area contributed by atoms with Gasteiger partial charge in [-0.1, -0.05) is 301 Å². The van der Waals surface area contributed by atoms with Crippen molar-refractivity contribution in [3.63, 3.8) is 0 Å². The zero-order valence-electron chi connectivity index (χ0n) is 49.4. The lowest BCUT2D eigenvalue weighted by Gasteiger charge is -2.22. The number of allylic oxidation sites excluding steroid dienone is 4. The molecule has 0 fully saturated rings. The number of amides is 1. The number of carbonyl (C=O) groups is 2. The summed E-state index contributed by atoms with van der Waals surface area (Å²) in [7, 11) is 0. The highest BCUT2D eigenvalue weighted by Gasteiger charge is 2.20. The van der Waals surface area contributed by atoms with E-state index >= 15 is 0 Å². The standard InChI is InChI=1S/C67H129NO5/c1-3-5-7-9-11-13-15-17-19-21-23-24-25-26-27-28-31-35-39-43-47-51-55-59-65(70)64(63-69)68-66(71)60-56-52-48-44-40-36-32-30-34-38-42-46-50-54-58-62-73-67(72)61-57-53-49-45-41-37-33-29-22-20-18-16-14-12-10-8-6-4-2/h20,22,34,38,64-65,69-70H,3-19,21,23-33,35-37,39-63H2,1-2H3,(H,68,71)/b22-20-,38-34-. The number of rotatable bonds is 62. The Morgan fingerprint density at radius 3 is 0.973 bits per heavy atom.